The van der Waals surface area contributed by atoms with Crippen LogP contribution in [-0.2, 0) is 0 Å². The number of nitrogens with two attached hydrogens (primary N) is 1. The van der Waals surface area contributed by atoms with Crippen molar-refractivity contribution >= 4 is 18.3 Å². The summed E-state index contributed by atoms with van der Waals surface area (Å²) in [7, 11) is 0. The lowest BCUT2D eigenvalue weighted by atomic mass is 10.0. The van der Waals surface area contributed by atoms with Crippen molar-refractivity contribution in [2.75, 3.05) is 11.5 Å². The zero-order valence-corrected chi connectivity index (χ0v) is 9.49. The molecule has 14 heavy (non-hydrogen) atoms. The van der Waals surface area contributed by atoms with E-state index in [2.05, 4.69) is 37.5 Å². The van der Waals surface area contributed by atoms with Gasteiger partial charge < -0.3 is 5.73 Å². The first kappa shape index (κ1) is 11.0. The SMILES string of the molecule is Cc1cc(C)c(N)c(C#CCCS)c1. The summed E-state index contributed by atoms with van der Waals surface area (Å²) in [5, 5.41) is 0. The summed E-state index contributed by atoms with van der Waals surface area (Å²) in [5.74, 6) is 6.90. The predicted molar refractivity (Wildman–Crippen MR) is 65.7 cm³/mol. The molecule has 0 heterocycles. The Morgan fingerprint density at radius 3 is 2.71 bits per heavy atom. The normalized spacial score (nSPS) is 9.36. The third-order valence-corrected chi connectivity index (χ3v) is 2.21. The molecule has 0 aliphatic heterocycles. The van der Waals surface area contributed by atoms with Crippen LogP contribution in [0.25, 0.3) is 0 Å². The lowest BCUT2D eigenvalue weighted by molar-refractivity contribution is 1.31. The number of nitrogen functional groups attached to an aromatic ring is 1. The maximum Gasteiger partial charge on any atom is 0.0503 e. The average molecular weight is 205 g/mol. The molecule has 1 nitrogen and oxygen atoms in total. The summed E-state index contributed by atoms with van der Waals surface area (Å²) in [4.78, 5) is 0. The van der Waals surface area contributed by atoms with E-state index in [0.29, 0.717) is 0 Å². The zero-order chi connectivity index (χ0) is 10.6. The van der Waals surface area contributed by atoms with Gasteiger partial charge in [-0.2, -0.15) is 12.6 Å². The smallest absolute Gasteiger partial charge is 0.0503 e. The molecule has 0 spiro atoms. The summed E-state index contributed by atoms with van der Waals surface area (Å²) in [6.07, 6.45) is 0.801. The molecule has 0 radical (unpaired) electrons. The maximum atomic E-state index is 5.91. The minimum Gasteiger partial charge on any atom is -0.398 e. The predicted octanol–water partition coefficient (Wildman–Crippen LogP) is 2.56. The molecule has 0 aliphatic carbocycles. The van der Waals surface area contributed by atoms with Crippen molar-refractivity contribution in [1.29, 1.82) is 0 Å². The number of anilines is 1. The van der Waals surface area contributed by atoms with Crippen LogP contribution in [0.5, 0.6) is 0 Å². The van der Waals surface area contributed by atoms with Crippen molar-refractivity contribution in [2.24, 2.45) is 0 Å². The lowest BCUT2D eigenvalue weighted by Gasteiger charge is -2.04. The molecule has 1 aromatic rings. The highest BCUT2D eigenvalue weighted by atomic mass is 32.1. The summed E-state index contributed by atoms with van der Waals surface area (Å²) in [6, 6.07) is 4.09. The monoisotopic (exact) mass is 205 g/mol. The largest absolute Gasteiger partial charge is 0.398 e. The fourth-order valence-electron chi connectivity index (χ4n) is 1.30. The Labute approximate surface area is 91.1 Å². The van der Waals surface area contributed by atoms with Crippen LogP contribution in [0, 0.1) is 25.7 Å². The molecule has 1 aromatic carbocycles. The maximum absolute atomic E-state index is 5.91. The number of thiol groups is 1. The third-order valence-electron chi connectivity index (χ3n) is 1.99. The molecule has 0 saturated carbocycles. The topological polar surface area (TPSA) is 26.0 Å². The van der Waals surface area contributed by atoms with Crippen LogP contribution >= 0.6 is 12.6 Å². The molecule has 0 saturated heterocycles. The van der Waals surface area contributed by atoms with E-state index in [-0.39, 0.29) is 0 Å². The van der Waals surface area contributed by atoms with Crippen molar-refractivity contribution in [3.8, 4) is 11.8 Å². The second kappa shape index (κ2) is 4.97. The minimum absolute atomic E-state index is 0.789. The second-order valence-electron chi connectivity index (χ2n) is 3.32. The number of benzene rings is 1. The first-order chi connectivity index (χ1) is 6.65. The Bertz CT molecular complexity index is 385. The average Bonchev–Trinajstić information content (AvgIpc) is 2.13. The van der Waals surface area contributed by atoms with E-state index in [1.54, 1.807) is 0 Å². The molecule has 0 aliphatic rings. The van der Waals surface area contributed by atoms with Crippen LogP contribution in [-0.4, -0.2) is 5.75 Å². The molecule has 2 N–H and O–H groups in total. The summed E-state index contributed by atoms with van der Waals surface area (Å²) in [6.45, 7) is 4.06. The van der Waals surface area contributed by atoms with Gasteiger partial charge in [-0.05, 0) is 31.0 Å². The standard InChI is InChI=1S/C12H15NS/c1-9-7-10(2)12(13)11(8-9)5-3-4-6-14/h7-8,14H,4,6,13H2,1-2H3. The number of aryl methyl sites for hydroxylation is 2. The highest BCUT2D eigenvalue weighted by Gasteiger charge is 1.99. The molecule has 2 heteroatoms. The molecule has 0 bridgehead atoms. The Morgan fingerprint density at radius 2 is 2.07 bits per heavy atom. The van der Waals surface area contributed by atoms with Gasteiger partial charge in [0.25, 0.3) is 0 Å². The zero-order valence-electron chi connectivity index (χ0n) is 8.59. The molecular weight excluding hydrogens is 190 g/mol. The van der Waals surface area contributed by atoms with Crippen LogP contribution in [0.3, 0.4) is 0 Å². The molecule has 0 atom stereocenters. The molecule has 0 amide bonds. The fraction of sp³-hybridized carbons (Fsp3) is 0.333. The van der Waals surface area contributed by atoms with Crippen molar-refractivity contribution in [3.63, 3.8) is 0 Å². The van der Waals surface area contributed by atoms with Gasteiger partial charge in [-0.25, -0.2) is 0 Å². The molecule has 1 rings (SSSR count). The van der Waals surface area contributed by atoms with Gasteiger partial charge in [-0.3, -0.25) is 0 Å². The second-order valence-corrected chi connectivity index (χ2v) is 3.77. The molecule has 74 valence electrons. The van der Waals surface area contributed by atoms with Gasteiger partial charge in [0.05, 0.1) is 5.69 Å². The number of hydrogen-bond acceptors (Lipinski definition) is 2. The van der Waals surface area contributed by atoms with E-state index < -0.39 is 0 Å². The van der Waals surface area contributed by atoms with E-state index in [0.717, 1.165) is 29.0 Å². The molecule has 0 fully saturated rings. The first-order valence-corrected chi connectivity index (χ1v) is 5.25. The van der Waals surface area contributed by atoms with Gasteiger partial charge in [-0.1, -0.05) is 17.9 Å². The van der Waals surface area contributed by atoms with E-state index in [1.807, 2.05) is 13.0 Å². The Hall–Kier alpha value is -1.07. The van der Waals surface area contributed by atoms with E-state index in [4.69, 9.17) is 5.73 Å². The van der Waals surface area contributed by atoms with E-state index in [9.17, 15) is 0 Å². The lowest BCUT2D eigenvalue weighted by Crippen LogP contribution is -1.95. The molecular formula is C12H15NS. The summed E-state index contributed by atoms with van der Waals surface area (Å²) < 4.78 is 0. The Morgan fingerprint density at radius 1 is 1.36 bits per heavy atom. The number of hydrogen-bond donors (Lipinski definition) is 2. The van der Waals surface area contributed by atoms with Crippen LogP contribution in [0.15, 0.2) is 12.1 Å². The summed E-state index contributed by atoms with van der Waals surface area (Å²) in [5.41, 5.74) is 9.94. The van der Waals surface area contributed by atoms with Gasteiger partial charge in [0.2, 0.25) is 0 Å². The Balaban J connectivity index is 3.04. The number of rotatable bonds is 1. The van der Waals surface area contributed by atoms with Gasteiger partial charge >= 0.3 is 0 Å². The van der Waals surface area contributed by atoms with Crippen LogP contribution < -0.4 is 5.73 Å². The van der Waals surface area contributed by atoms with E-state index in [1.165, 1.54) is 5.56 Å². The van der Waals surface area contributed by atoms with Crippen molar-refractivity contribution in [3.05, 3.63) is 28.8 Å². The Kier molecular flexibility index (Phi) is 3.91. The van der Waals surface area contributed by atoms with Crippen LogP contribution in [0.4, 0.5) is 5.69 Å². The van der Waals surface area contributed by atoms with E-state index >= 15 is 0 Å². The minimum atomic E-state index is 0.789. The fourth-order valence-corrected chi connectivity index (χ4v) is 1.41. The quantitative estimate of drug-likeness (QED) is 0.411. The van der Waals surface area contributed by atoms with Crippen molar-refractivity contribution < 1.29 is 0 Å². The molecule has 0 aromatic heterocycles. The van der Waals surface area contributed by atoms with Gasteiger partial charge in [0, 0.05) is 17.7 Å². The van der Waals surface area contributed by atoms with Gasteiger partial charge in [0.15, 0.2) is 0 Å². The third kappa shape index (κ3) is 2.71. The van der Waals surface area contributed by atoms with Crippen molar-refractivity contribution in [2.45, 2.75) is 20.3 Å². The van der Waals surface area contributed by atoms with Crippen molar-refractivity contribution in [1.82, 2.24) is 0 Å². The highest BCUT2D eigenvalue weighted by molar-refractivity contribution is 7.80. The molecule has 0 unspecified atom stereocenters. The van der Waals surface area contributed by atoms with Gasteiger partial charge in [-0.15, -0.1) is 0 Å². The first-order valence-electron chi connectivity index (χ1n) is 4.61. The van der Waals surface area contributed by atoms with Gasteiger partial charge in [0.1, 0.15) is 0 Å². The van der Waals surface area contributed by atoms with Crippen LogP contribution in [0.2, 0.25) is 0 Å². The summed E-state index contributed by atoms with van der Waals surface area (Å²) >= 11 is 4.10. The van der Waals surface area contributed by atoms with Crippen LogP contribution in [0.1, 0.15) is 23.1 Å². The highest BCUT2D eigenvalue weighted by Crippen LogP contribution is 2.18.